The maximum absolute atomic E-state index is 13.0. The molecule has 3 aliphatic carbocycles. The van der Waals surface area contributed by atoms with Crippen LogP contribution in [0.2, 0.25) is 0 Å². The van der Waals surface area contributed by atoms with Crippen molar-refractivity contribution in [3.8, 4) is 11.5 Å². The standard InChI is InChI=1S/C42H52N2O4/c1-29(45)47-36-21-20-34-26-37-42(46)23-22-35(40-41(42,38(34)39(36)48-40)24-25-44(37)28-33-18-19-33)43-27-32(17-16-31-12-6-3-7-13-31)15-9-8-14-30-10-4-2-5-11-30/h2-7,10-13,20-21,32-33,35,37,40,43,46H,8-9,14-19,22-28H2,1H3/t32?,35?,37-,40?,41+,42-/m1/s1. The van der Waals surface area contributed by atoms with Crippen molar-refractivity contribution in [2.75, 3.05) is 19.6 Å². The third kappa shape index (κ3) is 5.88. The maximum Gasteiger partial charge on any atom is 0.308 e. The van der Waals surface area contributed by atoms with Gasteiger partial charge in [-0.3, -0.25) is 9.69 Å². The van der Waals surface area contributed by atoms with Crippen LogP contribution in [0.3, 0.4) is 0 Å². The molecule has 6 nitrogen and oxygen atoms in total. The molecule has 254 valence electrons. The molecule has 3 unspecified atom stereocenters. The molecule has 5 aliphatic rings. The number of ether oxygens (including phenoxy) is 2. The lowest BCUT2D eigenvalue weighted by molar-refractivity contribution is -0.191. The Balaban J connectivity index is 1.03. The van der Waals surface area contributed by atoms with Gasteiger partial charge in [-0.25, -0.2) is 0 Å². The number of nitrogens with one attached hydrogen (secondary N) is 1. The number of hydrogen-bond donors (Lipinski definition) is 2. The molecule has 2 aliphatic heterocycles. The molecule has 6 atom stereocenters. The van der Waals surface area contributed by atoms with E-state index in [1.165, 1.54) is 55.7 Å². The zero-order valence-corrected chi connectivity index (χ0v) is 28.5. The summed E-state index contributed by atoms with van der Waals surface area (Å²) in [6, 6.07) is 26.0. The summed E-state index contributed by atoms with van der Waals surface area (Å²) in [5.74, 6) is 2.20. The number of hydrogen-bond acceptors (Lipinski definition) is 6. The Morgan fingerprint density at radius 1 is 0.958 bits per heavy atom. The van der Waals surface area contributed by atoms with Crippen molar-refractivity contribution in [1.82, 2.24) is 10.2 Å². The first-order valence-electron chi connectivity index (χ1n) is 18.7. The van der Waals surface area contributed by atoms with E-state index in [1.54, 1.807) is 0 Å². The van der Waals surface area contributed by atoms with Crippen LogP contribution in [0.5, 0.6) is 11.5 Å². The molecule has 8 rings (SSSR count). The highest BCUT2D eigenvalue weighted by molar-refractivity contribution is 5.72. The van der Waals surface area contributed by atoms with Gasteiger partial charge in [0.2, 0.25) is 0 Å². The van der Waals surface area contributed by atoms with Crippen LogP contribution >= 0.6 is 0 Å². The Hall–Kier alpha value is -3.19. The molecule has 48 heavy (non-hydrogen) atoms. The summed E-state index contributed by atoms with van der Waals surface area (Å²) in [7, 11) is 0. The number of nitrogens with zero attached hydrogens (tertiary/aromatic N) is 1. The normalized spacial score (nSPS) is 29.2. The Labute approximate surface area is 286 Å². The molecule has 0 radical (unpaired) electrons. The average Bonchev–Trinajstić information content (AvgIpc) is 3.84. The van der Waals surface area contributed by atoms with Gasteiger partial charge >= 0.3 is 5.97 Å². The van der Waals surface area contributed by atoms with Crippen LogP contribution in [0, 0.1) is 11.8 Å². The van der Waals surface area contributed by atoms with Gasteiger partial charge in [-0.05, 0) is 118 Å². The fraction of sp³-hybridized carbons (Fsp3) is 0.548. The van der Waals surface area contributed by atoms with Crippen molar-refractivity contribution < 1.29 is 19.4 Å². The van der Waals surface area contributed by atoms with Crippen molar-refractivity contribution in [3.63, 3.8) is 0 Å². The molecule has 2 heterocycles. The monoisotopic (exact) mass is 648 g/mol. The zero-order chi connectivity index (χ0) is 32.7. The first-order chi connectivity index (χ1) is 23.4. The number of rotatable bonds is 14. The first-order valence-corrected chi connectivity index (χ1v) is 18.7. The summed E-state index contributed by atoms with van der Waals surface area (Å²) in [4.78, 5) is 14.8. The Morgan fingerprint density at radius 3 is 2.44 bits per heavy atom. The molecule has 2 bridgehead atoms. The Bertz CT molecular complexity index is 1590. The van der Waals surface area contributed by atoms with Gasteiger partial charge < -0.3 is 19.9 Å². The van der Waals surface area contributed by atoms with E-state index in [1.807, 2.05) is 6.07 Å². The summed E-state index contributed by atoms with van der Waals surface area (Å²) in [6.45, 7) is 4.47. The number of aliphatic hydroxyl groups is 1. The number of likely N-dealkylation sites (tertiary alicyclic amines) is 1. The fourth-order valence-electron chi connectivity index (χ4n) is 10.0. The molecule has 3 fully saturated rings. The number of benzene rings is 3. The average molecular weight is 649 g/mol. The van der Waals surface area contributed by atoms with E-state index in [9.17, 15) is 9.90 Å². The summed E-state index contributed by atoms with van der Waals surface area (Å²) < 4.78 is 12.8. The van der Waals surface area contributed by atoms with Crippen LogP contribution < -0.4 is 14.8 Å². The summed E-state index contributed by atoms with van der Waals surface area (Å²) in [5, 5.41) is 17.0. The summed E-state index contributed by atoms with van der Waals surface area (Å²) >= 11 is 0. The van der Waals surface area contributed by atoms with Gasteiger partial charge in [0.1, 0.15) is 6.10 Å². The van der Waals surface area contributed by atoms with Crippen LogP contribution in [-0.2, 0) is 29.5 Å². The highest BCUT2D eigenvalue weighted by atomic mass is 16.6. The number of carbonyl (C=O) groups excluding carboxylic acids is 1. The Kier molecular flexibility index (Phi) is 8.85. The van der Waals surface area contributed by atoms with E-state index in [4.69, 9.17) is 9.47 Å². The van der Waals surface area contributed by atoms with E-state index in [0.29, 0.717) is 17.4 Å². The zero-order valence-electron chi connectivity index (χ0n) is 28.5. The molecule has 3 aromatic carbocycles. The highest BCUT2D eigenvalue weighted by Gasteiger charge is 2.73. The third-order valence-electron chi connectivity index (χ3n) is 12.5. The molecular weight excluding hydrogens is 596 g/mol. The number of unbranched alkanes of at least 4 members (excludes halogenated alkanes) is 1. The lowest BCUT2D eigenvalue weighted by Crippen LogP contribution is -2.78. The fourth-order valence-corrected chi connectivity index (χ4v) is 10.0. The van der Waals surface area contributed by atoms with Crippen molar-refractivity contribution in [2.45, 2.75) is 113 Å². The maximum atomic E-state index is 13.0. The van der Waals surface area contributed by atoms with E-state index in [-0.39, 0.29) is 24.2 Å². The van der Waals surface area contributed by atoms with E-state index in [2.05, 4.69) is 76.9 Å². The lowest BCUT2D eigenvalue weighted by Gasteiger charge is -2.64. The SMILES string of the molecule is CC(=O)Oc1ccc2c3c1OC1C(NCC(CCCCc4ccccc4)CCc4ccccc4)CC[C@@]4(O)[C@@H](C2)N(CC2CC2)CC[C@]314. The van der Waals surface area contributed by atoms with E-state index < -0.39 is 11.0 Å². The molecule has 2 saturated carbocycles. The van der Waals surface area contributed by atoms with Crippen LogP contribution in [0.4, 0.5) is 0 Å². The predicted octanol–water partition coefficient (Wildman–Crippen LogP) is 6.80. The van der Waals surface area contributed by atoms with Gasteiger partial charge in [0.15, 0.2) is 11.5 Å². The van der Waals surface area contributed by atoms with E-state index >= 15 is 0 Å². The van der Waals surface area contributed by atoms with Crippen LogP contribution in [0.25, 0.3) is 0 Å². The van der Waals surface area contributed by atoms with Crippen LogP contribution in [0.1, 0.15) is 87.0 Å². The van der Waals surface area contributed by atoms with Gasteiger partial charge in [0.25, 0.3) is 0 Å². The van der Waals surface area contributed by atoms with Gasteiger partial charge in [0.05, 0.1) is 11.0 Å². The van der Waals surface area contributed by atoms with Crippen molar-refractivity contribution in [3.05, 3.63) is 95.1 Å². The predicted molar refractivity (Wildman–Crippen MR) is 188 cm³/mol. The quantitative estimate of drug-likeness (QED) is 0.114. The van der Waals surface area contributed by atoms with Gasteiger partial charge in [-0.15, -0.1) is 0 Å². The van der Waals surface area contributed by atoms with E-state index in [0.717, 1.165) is 76.1 Å². The minimum atomic E-state index is -0.861. The summed E-state index contributed by atoms with van der Waals surface area (Å²) in [5.41, 5.74) is 3.86. The number of esters is 1. The molecule has 0 amide bonds. The lowest BCUT2D eigenvalue weighted by atomic mass is 9.48. The second-order valence-corrected chi connectivity index (χ2v) is 15.5. The Morgan fingerprint density at radius 2 is 1.71 bits per heavy atom. The first kappa shape index (κ1) is 32.0. The molecule has 3 aromatic rings. The van der Waals surface area contributed by atoms with Gasteiger partial charge in [0, 0.05) is 31.1 Å². The second kappa shape index (κ2) is 13.3. The van der Waals surface area contributed by atoms with Gasteiger partial charge in [-0.1, -0.05) is 73.2 Å². The molecule has 0 aromatic heterocycles. The van der Waals surface area contributed by atoms with Crippen molar-refractivity contribution >= 4 is 5.97 Å². The van der Waals surface area contributed by atoms with Crippen molar-refractivity contribution in [2.24, 2.45) is 11.8 Å². The van der Waals surface area contributed by atoms with Crippen LogP contribution in [0.15, 0.2) is 72.8 Å². The van der Waals surface area contributed by atoms with Gasteiger partial charge in [-0.2, -0.15) is 0 Å². The molecule has 2 N–H and O–H groups in total. The molecule has 1 saturated heterocycles. The number of aryl methyl sites for hydroxylation is 2. The highest BCUT2D eigenvalue weighted by Crippen LogP contribution is 2.65. The number of carbonyl (C=O) groups is 1. The number of piperidine rings is 1. The molecule has 1 spiro atoms. The largest absolute Gasteiger partial charge is 0.483 e. The smallest absolute Gasteiger partial charge is 0.308 e. The third-order valence-corrected chi connectivity index (χ3v) is 12.5. The van der Waals surface area contributed by atoms with Crippen molar-refractivity contribution in [1.29, 1.82) is 0 Å². The second-order valence-electron chi connectivity index (χ2n) is 15.5. The molecular formula is C42H52N2O4. The van der Waals surface area contributed by atoms with Crippen LogP contribution in [-0.4, -0.2) is 59.4 Å². The summed E-state index contributed by atoms with van der Waals surface area (Å²) in [6.07, 6.45) is 12.7. The molecule has 6 heteroatoms. The minimum absolute atomic E-state index is 0.0974. The minimum Gasteiger partial charge on any atom is -0.483 e. The topological polar surface area (TPSA) is 71.0 Å².